The predicted octanol–water partition coefficient (Wildman–Crippen LogP) is 3.57. The van der Waals surface area contributed by atoms with Crippen LogP contribution in [0.3, 0.4) is 0 Å². The first-order valence-corrected chi connectivity index (χ1v) is 6.61. The van der Waals surface area contributed by atoms with Crippen molar-refractivity contribution >= 4 is 17.7 Å². The monoisotopic (exact) mass is 279 g/mol. The summed E-state index contributed by atoms with van der Waals surface area (Å²) in [5.74, 6) is -0.701. The van der Waals surface area contributed by atoms with Gasteiger partial charge in [-0.05, 0) is 23.0 Å². The normalized spacial score (nSPS) is 10.7. The number of amides is 1. The Morgan fingerprint density at radius 3 is 2.05 bits per heavy atom. The molecule has 0 heterocycles. The second-order valence-corrected chi connectivity index (χ2v) is 5.22. The SMILES string of the molecule is CC(C)c1cccc(C(C)C)c1NC(=O)OCC(=O)O. The van der Waals surface area contributed by atoms with Gasteiger partial charge in [0.25, 0.3) is 0 Å². The molecule has 1 aromatic rings. The van der Waals surface area contributed by atoms with Gasteiger partial charge in [-0.15, -0.1) is 0 Å². The minimum atomic E-state index is -1.18. The fourth-order valence-corrected chi connectivity index (χ4v) is 1.96. The van der Waals surface area contributed by atoms with E-state index in [9.17, 15) is 9.59 Å². The lowest BCUT2D eigenvalue weighted by Crippen LogP contribution is -2.20. The van der Waals surface area contributed by atoms with Crippen molar-refractivity contribution in [2.75, 3.05) is 11.9 Å². The van der Waals surface area contributed by atoms with E-state index >= 15 is 0 Å². The van der Waals surface area contributed by atoms with Gasteiger partial charge in [0.2, 0.25) is 0 Å². The Bertz CT molecular complexity index is 468. The maximum atomic E-state index is 11.7. The van der Waals surface area contributed by atoms with Crippen LogP contribution in [0.15, 0.2) is 18.2 Å². The summed E-state index contributed by atoms with van der Waals surface area (Å²) in [6.07, 6.45) is -0.748. The van der Waals surface area contributed by atoms with Crippen LogP contribution < -0.4 is 5.32 Å². The third kappa shape index (κ3) is 4.26. The summed E-state index contributed by atoms with van der Waals surface area (Å²) in [5, 5.41) is 11.2. The number of carboxylic acid groups (broad SMARTS) is 1. The molecule has 0 saturated heterocycles. The zero-order chi connectivity index (χ0) is 15.3. The molecule has 110 valence electrons. The Morgan fingerprint density at radius 2 is 1.65 bits per heavy atom. The van der Waals surface area contributed by atoms with Crippen LogP contribution in [-0.4, -0.2) is 23.8 Å². The maximum Gasteiger partial charge on any atom is 0.412 e. The molecular formula is C15H21NO4. The molecule has 0 spiro atoms. The minimum Gasteiger partial charge on any atom is -0.479 e. The highest BCUT2D eigenvalue weighted by Gasteiger charge is 2.16. The van der Waals surface area contributed by atoms with E-state index in [4.69, 9.17) is 5.11 Å². The molecule has 1 rings (SSSR count). The third-order valence-corrected chi connectivity index (χ3v) is 2.93. The van der Waals surface area contributed by atoms with E-state index in [2.05, 4.69) is 10.1 Å². The summed E-state index contributed by atoms with van der Waals surface area (Å²) in [6, 6.07) is 5.85. The molecule has 0 aliphatic carbocycles. The number of benzene rings is 1. The van der Waals surface area contributed by atoms with E-state index in [1.54, 1.807) is 0 Å². The number of hydrogen-bond acceptors (Lipinski definition) is 3. The van der Waals surface area contributed by atoms with Crippen molar-refractivity contribution in [2.45, 2.75) is 39.5 Å². The molecule has 2 N–H and O–H groups in total. The molecule has 0 aliphatic rings. The van der Waals surface area contributed by atoms with Gasteiger partial charge in [-0.3, -0.25) is 5.32 Å². The Balaban J connectivity index is 3.01. The Hall–Kier alpha value is -2.04. The van der Waals surface area contributed by atoms with Crippen molar-refractivity contribution in [1.82, 2.24) is 0 Å². The van der Waals surface area contributed by atoms with Gasteiger partial charge in [-0.2, -0.15) is 0 Å². The van der Waals surface area contributed by atoms with Gasteiger partial charge in [0, 0.05) is 0 Å². The van der Waals surface area contributed by atoms with Crippen LogP contribution in [0.25, 0.3) is 0 Å². The number of nitrogens with one attached hydrogen (secondary N) is 1. The first kappa shape index (κ1) is 16.0. The van der Waals surface area contributed by atoms with E-state index in [1.165, 1.54) is 0 Å². The molecule has 1 amide bonds. The molecule has 0 aliphatic heterocycles. The zero-order valence-electron chi connectivity index (χ0n) is 12.3. The van der Waals surface area contributed by atoms with Crippen LogP contribution in [0.4, 0.5) is 10.5 Å². The maximum absolute atomic E-state index is 11.7. The van der Waals surface area contributed by atoms with Crippen molar-refractivity contribution in [3.8, 4) is 0 Å². The average Bonchev–Trinajstić information content (AvgIpc) is 2.36. The summed E-state index contributed by atoms with van der Waals surface area (Å²) in [4.78, 5) is 22.1. The fraction of sp³-hybridized carbons (Fsp3) is 0.467. The van der Waals surface area contributed by atoms with E-state index in [1.807, 2.05) is 45.9 Å². The van der Waals surface area contributed by atoms with Gasteiger partial charge in [0.15, 0.2) is 6.61 Å². The number of rotatable bonds is 5. The number of carboxylic acids is 1. The van der Waals surface area contributed by atoms with Crippen LogP contribution >= 0.6 is 0 Å². The highest BCUT2D eigenvalue weighted by Crippen LogP contribution is 2.32. The molecule has 0 fully saturated rings. The summed E-state index contributed by atoms with van der Waals surface area (Å²) in [7, 11) is 0. The van der Waals surface area contributed by atoms with Crippen LogP contribution in [0, 0.1) is 0 Å². The Morgan fingerprint density at radius 1 is 1.15 bits per heavy atom. The molecule has 0 bridgehead atoms. The molecule has 0 aromatic heterocycles. The van der Waals surface area contributed by atoms with Gasteiger partial charge < -0.3 is 9.84 Å². The first-order valence-electron chi connectivity index (χ1n) is 6.61. The van der Waals surface area contributed by atoms with Crippen molar-refractivity contribution in [3.63, 3.8) is 0 Å². The number of carbonyl (C=O) groups excluding carboxylic acids is 1. The summed E-state index contributed by atoms with van der Waals surface area (Å²) < 4.78 is 4.63. The minimum absolute atomic E-state index is 0.239. The van der Waals surface area contributed by atoms with E-state index < -0.39 is 18.7 Å². The first-order chi connectivity index (χ1) is 9.32. The molecule has 20 heavy (non-hydrogen) atoms. The number of aliphatic carboxylic acids is 1. The zero-order valence-corrected chi connectivity index (χ0v) is 12.3. The number of hydrogen-bond donors (Lipinski definition) is 2. The second-order valence-electron chi connectivity index (χ2n) is 5.22. The number of anilines is 1. The summed E-state index contributed by atoms with van der Waals surface area (Å²) >= 11 is 0. The molecule has 5 nitrogen and oxygen atoms in total. The molecular weight excluding hydrogens is 258 g/mol. The standard InChI is InChI=1S/C15H21NO4/c1-9(2)11-6-5-7-12(10(3)4)14(11)16-15(19)20-8-13(17)18/h5-7,9-10H,8H2,1-4H3,(H,16,19)(H,17,18). The summed E-state index contributed by atoms with van der Waals surface area (Å²) in [6.45, 7) is 7.49. The predicted molar refractivity (Wildman–Crippen MR) is 77.2 cm³/mol. The van der Waals surface area contributed by atoms with Crippen molar-refractivity contribution in [2.24, 2.45) is 0 Å². The van der Waals surface area contributed by atoms with Gasteiger partial charge in [-0.25, -0.2) is 9.59 Å². The van der Waals surface area contributed by atoms with Crippen LogP contribution in [0.5, 0.6) is 0 Å². The van der Waals surface area contributed by atoms with E-state index in [-0.39, 0.29) is 11.8 Å². The van der Waals surface area contributed by atoms with Gasteiger partial charge >= 0.3 is 12.1 Å². The van der Waals surface area contributed by atoms with Crippen molar-refractivity contribution < 1.29 is 19.4 Å². The fourth-order valence-electron chi connectivity index (χ4n) is 1.96. The van der Waals surface area contributed by atoms with Gasteiger partial charge in [0.1, 0.15) is 0 Å². The quantitative estimate of drug-likeness (QED) is 0.864. The highest BCUT2D eigenvalue weighted by molar-refractivity contribution is 5.88. The van der Waals surface area contributed by atoms with Crippen LogP contribution in [0.1, 0.15) is 50.7 Å². The van der Waals surface area contributed by atoms with Crippen molar-refractivity contribution in [3.05, 3.63) is 29.3 Å². The van der Waals surface area contributed by atoms with E-state index in [0.29, 0.717) is 5.69 Å². The van der Waals surface area contributed by atoms with E-state index in [0.717, 1.165) is 11.1 Å². The van der Waals surface area contributed by atoms with Crippen LogP contribution in [-0.2, 0) is 9.53 Å². The smallest absolute Gasteiger partial charge is 0.412 e. The summed E-state index contributed by atoms with van der Waals surface area (Å²) in [5.41, 5.74) is 2.72. The molecule has 1 aromatic carbocycles. The lowest BCUT2D eigenvalue weighted by Gasteiger charge is -2.19. The number of carbonyl (C=O) groups is 2. The van der Waals surface area contributed by atoms with Crippen molar-refractivity contribution in [1.29, 1.82) is 0 Å². The molecule has 5 heteroatoms. The Kier molecular flexibility index (Phi) is 5.55. The molecule has 0 radical (unpaired) electrons. The van der Waals surface area contributed by atoms with Gasteiger partial charge in [0.05, 0.1) is 5.69 Å². The number of ether oxygens (including phenoxy) is 1. The second kappa shape index (κ2) is 6.93. The average molecular weight is 279 g/mol. The number of para-hydroxylation sites is 1. The van der Waals surface area contributed by atoms with Gasteiger partial charge in [-0.1, -0.05) is 45.9 Å². The highest BCUT2D eigenvalue weighted by atomic mass is 16.6. The van der Waals surface area contributed by atoms with Crippen LogP contribution in [0.2, 0.25) is 0 Å². The lowest BCUT2D eigenvalue weighted by atomic mass is 9.93. The Labute approximate surface area is 118 Å². The topological polar surface area (TPSA) is 75.6 Å². The lowest BCUT2D eigenvalue weighted by molar-refractivity contribution is -0.140. The molecule has 0 unspecified atom stereocenters. The largest absolute Gasteiger partial charge is 0.479 e. The molecule has 0 saturated carbocycles. The molecule has 0 atom stereocenters. The third-order valence-electron chi connectivity index (χ3n) is 2.93.